The van der Waals surface area contributed by atoms with Crippen molar-refractivity contribution in [1.82, 2.24) is 0 Å². The highest BCUT2D eigenvalue weighted by Crippen LogP contribution is 2.24. The van der Waals surface area contributed by atoms with Crippen LogP contribution in [0.1, 0.15) is 53.3 Å². The zero-order valence-electron chi connectivity index (χ0n) is 25.6. The lowest BCUT2D eigenvalue weighted by Crippen LogP contribution is -2.52. The largest absolute Gasteiger partial charge is 0.494 e. The Kier molecular flexibility index (Phi) is 12.3. The molecule has 2 aromatic carbocycles. The number of hydrogen-bond donors (Lipinski definition) is 0. The van der Waals surface area contributed by atoms with Crippen LogP contribution in [-0.4, -0.2) is 61.6 Å². The third kappa shape index (κ3) is 9.80. The molecule has 1 aliphatic heterocycles. The molecule has 0 amide bonds. The smallest absolute Gasteiger partial charge is 0.362 e. The molecule has 235 valence electrons. The minimum absolute atomic E-state index is 0.183. The summed E-state index contributed by atoms with van der Waals surface area (Å²) in [5, 5.41) is 0.499. The molecule has 0 N–H and O–H groups in total. The van der Waals surface area contributed by atoms with Crippen LogP contribution in [0.2, 0.25) is 32.2 Å². The molecular formula is C29H37O11Si4. The lowest BCUT2D eigenvalue weighted by atomic mass is 10.2. The standard InChI is InChI=1S/C29H37O11Si4/c1-6-16-34-28(31)25-19-22-12-15-24(20-26(22)36-29(25)32)35-27(30)21-10-13-23(14-11-21)33-17-8-7-9-18-44(5)39-42(3)37-41(2)38-43(4)40-44/h10-15,19-20H,6-9,16-18H2,1-5H3. The molecule has 1 aliphatic rings. The molecule has 44 heavy (non-hydrogen) atoms. The van der Waals surface area contributed by atoms with E-state index < -0.39 is 54.0 Å². The summed E-state index contributed by atoms with van der Waals surface area (Å²) in [6.07, 6.45) is 3.45. The van der Waals surface area contributed by atoms with Crippen LogP contribution in [0.3, 0.4) is 0 Å². The normalized spacial score (nSPS) is 16.3. The van der Waals surface area contributed by atoms with Crippen LogP contribution < -0.4 is 15.1 Å². The molecule has 0 saturated carbocycles. The number of ether oxygens (including phenoxy) is 3. The average Bonchev–Trinajstić information content (AvgIpc) is 2.96. The topological polar surface area (TPSA) is 129 Å². The monoisotopic (exact) mass is 673 g/mol. The maximum atomic E-state index is 12.7. The van der Waals surface area contributed by atoms with E-state index in [9.17, 15) is 14.4 Å². The molecular weight excluding hydrogens is 637 g/mol. The van der Waals surface area contributed by atoms with E-state index >= 15 is 0 Å². The molecule has 1 saturated heterocycles. The number of esters is 2. The van der Waals surface area contributed by atoms with Crippen LogP contribution >= 0.6 is 0 Å². The maximum absolute atomic E-state index is 12.7. The van der Waals surface area contributed by atoms with E-state index in [1.807, 2.05) is 26.6 Å². The minimum atomic E-state index is -2.34. The van der Waals surface area contributed by atoms with Crippen molar-refractivity contribution in [1.29, 1.82) is 0 Å². The molecule has 0 bridgehead atoms. The molecule has 0 atom stereocenters. The Labute approximate surface area is 263 Å². The van der Waals surface area contributed by atoms with Crippen LogP contribution in [0.4, 0.5) is 0 Å². The zero-order chi connectivity index (χ0) is 31.7. The van der Waals surface area contributed by atoms with E-state index in [0.29, 0.717) is 29.7 Å². The van der Waals surface area contributed by atoms with E-state index in [1.54, 1.807) is 36.4 Å². The van der Waals surface area contributed by atoms with E-state index in [4.69, 9.17) is 35.1 Å². The summed E-state index contributed by atoms with van der Waals surface area (Å²) in [5.74, 6) is -0.462. The van der Waals surface area contributed by atoms with Crippen molar-refractivity contribution in [2.75, 3.05) is 13.2 Å². The van der Waals surface area contributed by atoms with Gasteiger partial charge < -0.3 is 35.1 Å². The highest BCUT2D eigenvalue weighted by Gasteiger charge is 2.40. The molecule has 11 nitrogen and oxygen atoms in total. The number of fused-ring (bicyclic) bond motifs is 1. The number of unbranched alkanes of at least 4 members (excludes halogenated alkanes) is 2. The van der Waals surface area contributed by atoms with Crippen LogP contribution in [-0.2, 0) is 21.2 Å². The third-order valence-electron chi connectivity index (χ3n) is 6.50. The van der Waals surface area contributed by atoms with Gasteiger partial charge in [-0.1, -0.05) is 19.8 Å². The molecule has 0 aliphatic carbocycles. The summed E-state index contributed by atoms with van der Waals surface area (Å²) in [7, 11) is -6.37. The Morgan fingerprint density at radius 2 is 1.50 bits per heavy atom. The average molecular weight is 674 g/mol. The third-order valence-corrected chi connectivity index (χ3v) is 18.1. The fraction of sp³-hybridized carbons (Fsp3) is 0.414. The highest BCUT2D eigenvalue weighted by molar-refractivity contribution is 6.81. The first-order valence-corrected chi connectivity index (χ1v) is 22.5. The van der Waals surface area contributed by atoms with Crippen molar-refractivity contribution in [2.45, 2.75) is 64.8 Å². The van der Waals surface area contributed by atoms with Gasteiger partial charge in [0.25, 0.3) is 0 Å². The van der Waals surface area contributed by atoms with Gasteiger partial charge in [-0.25, -0.2) is 14.4 Å². The van der Waals surface area contributed by atoms with Crippen molar-refractivity contribution >= 4 is 59.3 Å². The van der Waals surface area contributed by atoms with Gasteiger partial charge in [-0.3, -0.25) is 0 Å². The van der Waals surface area contributed by atoms with Gasteiger partial charge in [0.15, 0.2) is 0 Å². The van der Waals surface area contributed by atoms with Gasteiger partial charge in [-0.05, 0) is 87.5 Å². The SMILES string of the molecule is CCCOC(=O)c1cc2ccc(OC(=O)c3ccc(OCCCCC[Si]4(C)O[Si](C)O[Si](C)O[Si](C)O4)cc3)cc2oc1=O. The minimum Gasteiger partial charge on any atom is -0.494 e. The molecule has 2 heterocycles. The Bertz CT molecular complexity index is 1470. The molecule has 3 radical (unpaired) electrons. The van der Waals surface area contributed by atoms with Crippen LogP contribution in [0.15, 0.2) is 57.7 Å². The van der Waals surface area contributed by atoms with Gasteiger partial charge in [0, 0.05) is 11.5 Å². The van der Waals surface area contributed by atoms with E-state index in [1.165, 1.54) is 12.1 Å². The van der Waals surface area contributed by atoms with Crippen molar-refractivity contribution in [3.8, 4) is 11.5 Å². The number of carbonyl (C=O) groups excluding carboxylic acids is 2. The first kappa shape index (κ1) is 34.0. The van der Waals surface area contributed by atoms with E-state index in [0.717, 1.165) is 25.3 Å². The Balaban J connectivity index is 1.22. The molecule has 1 aromatic heterocycles. The maximum Gasteiger partial charge on any atom is 0.362 e. The first-order chi connectivity index (χ1) is 21.0. The van der Waals surface area contributed by atoms with Gasteiger partial charge >= 0.3 is 54.0 Å². The predicted molar refractivity (Wildman–Crippen MR) is 169 cm³/mol. The molecule has 3 aromatic rings. The second kappa shape index (κ2) is 15.9. The molecule has 0 spiro atoms. The van der Waals surface area contributed by atoms with Crippen molar-refractivity contribution in [3.05, 3.63) is 70.1 Å². The lowest BCUT2D eigenvalue weighted by molar-refractivity contribution is 0.0500. The zero-order valence-corrected chi connectivity index (χ0v) is 29.6. The van der Waals surface area contributed by atoms with Crippen molar-refractivity contribution < 1.29 is 44.7 Å². The quantitative estimate of drug-likeness (QED) is 0.0780. The summed E-state index contributed by atoms with van der Waals surface area (Å²) in [5.41, 5.74) is -0.485. The first-order valence-electron chi connectivity index (χ1n) is 14.5. The summed E-state index contributed by atoms with van der Waals surface area (Å²) >= 11 is 0. The molecule has 1 fully saturated rings. The van der Waals surface area contributed by atoms with Crippen LogP contribution in [0, 0.1) is 0 Å². The summed E-state index contributed by atoms with van der Waals surface area (Å²) in [4.78, 5) is 37.1. The van der Waals surface area contributed by atoms with Gasteiger partial charge in [0.1, 0.15) is 22.6 Å². The number of carbonyl (C=O) groups is 2. The van der Waals surface area contributed by atoms with E-state index in [2.05, 4.69) is 6.55 Å². The van der Waals surface area contributed by atoms with Gasteiger partial charge in [0.2, 0.25) is 0 Å². The van der Waals surface area contributed by atoms with Gasteiger partial charge in [0.05, 0.1) is 18.8 Å². The molecule has 4 rings (SSSR count). The summed E-state index contributed by atoms with van der Waals surface area (Å²) in [6.45, 7) is 10.7. The van der Waals surface area contributed by atoms with E-state index in [-0.39, 0.29) is 23.5 Å². The lowest BCUT2D eigenvalue weighted by Gasteiger charge is -2.35. The second-order valence-electron chi connectivity index (χ2n) is 10.4. The van der Waals surface area contributed by atoms with Crippen LogP contribution in [0.5, 0.6) is 11.5 Å². The number of rotatable bonds is 12. The highest BCUT2D eigenvalue weighted by atomic mass is 28.5. The number of benzene rings is 2. The predicted octanol–water partition coefficient (Wildman–Crippen LogP) is 5.63. The Morgan fingerprint density at radius 1 is 0.818 bits per heavy atom. The number of hydrogen-bond acceptors (Lipinski definition) is 11. The van der Waals surface area contributed by atoms with Crippen molar-refractivity contribution in [3.63, 3.8) is 0 Å². The molecule has 0 unspecified atom stereocenters. The fourth-order valence-corrected chi connectivity index (χ4v) is 16.5. The summed E-state index contributed by atoms with van der Waals surface area (Å²) in [6, 6.07) is 13.6. The Morgan fingerprint density at radius 3 is 2.18 bits per heavy atom. The van der Waals surface area contributed by atoms with Crippen LogP contribution in [0.25, 0.3) is 11.0 Å². The summed E-state index contributed by atoms with van der Waals surface area (Å²) < 4.78 is 46.0. The van der Waals surface area contributed by atoms with Gasteiger partial charge in [-0.2, -0.15) is 0 Å². The molecule has 15 heteroatoms. The Hall–Kier alpha value is -2.90. The second-order valence-corrected chi connectivity index (χ2v) is 19.4. The van der Waals surface area contributed by atoms with Gasteiger partial charge in [-0.15, -0.1) is 0 Å². The van der Waals surface area contributed by atoms with Crippen molar-refractivity contribution in [2.24, 2.45) is 0 Å². The fourth-order valence-electron chi connectivity index (χ4n) is 4.54.